The first kappa shape index (κ1) is 13.0. The van der Waals surface area contributed by atoms with E-state index in [1.807, 2.05) is 30.3 Å². The molecule has 1 aromatic rings. The summed E-state index contributed by atoms with van der Waals surface area (Å²) in [5, 5.41) is 0. The number of ether oxygens (including phenoxy) is 4. The molecule has 0 aromatic heterocycles. The molecule has 0 spiro atoms. The van der Waals surface area contributed by atoms with Crippen LogP contribution in [0.15, 0.2) is 42.0 Å². The number of fused-ring (bicyclic) bond motifs is 2. The highest BCUT2D eigenvalue weighted by Crippen LogP contribution is 2.48. The molecule has 3 aliphatic heterocycles. The number of allylic oxidation sites excluding steroid dienone is 1. The number of ketones is 1. The Morgan fingerprint density at radius 2 is 1.86 bits per heavy atom. The van der Waals surface area contributed by atoms with E-state index in [1.54, 1.807) is 6.08 Å². The SMILES string of the molecule is O=C1C=C2CO[C@H]3O[C@@H]4COC(c5ccccc5)O[C@H]4[C@@H]1[C@@H]23. The lowest BCUT2D eigenvalue weighted by Gasteiger charge is -2.45. The predicted molar refractivity (Wildman–Crippen MR) is 74.7 cm³/mol. The number of benzene rings is 1. The molecular formula is C17H16O5. The zero-order valence-corrected chi connectivity index (χ0v) is 11.9. The van der Waals surface area contributed by atoms with Crippen molar-refractivity contribution >= 4 is 5.78 Å². The summed E-state index contributed by atoms with van der Waals surface area (Å²) in [5.41, 5.74) is 2.01. The molecule has 3 fully saturated rings. The minimum atomic E-state index is -0.443. The predicted octanol–water partition coefficient (Wildman–Crippen LogP) is 1.60. The molecule has 5 rings (SSSR count). The zero-order valence-electron chi connectivity index (χ0n) is 11.9. The molecule has 5 nitrogen and oxygen atoms in total. The van der Waals surface area contributed by atoms with Gasteiger partial charge in [0.05, 0.1) is 19.1 Å². The van der Waals surface area contributed by atoms with Crippen LogP contribution in [0.2, 0.25) is 0 Å². The summed E-state index contributed by atoms with van der Waals surface area (Å²) in [4.78, 5) is 12.4. The third-order valence-electron chi connectivity index (χ3n) is 4.97. The summed E-state index contributed by atoms with van der Waals surface area (Å²) in [6.07, 6.45) is 0.424. The van der Waals surface area contributed by atoms with Crippen LogP contribution in [0.25, 0.3) is 0 Å². The van der Waals surface area contributed by atoms with Gasteiger partial charge < -0.3 is 18.9 Å². The third-order valence-corrected chi connectivity index (χ3v) is 4.97. The molecule has 0 amide bonds. The van der Waals surface area contributed by atoms with Crippen LogP contribution in [0.3, 0.4) is 0 Å². The number of carbonyl (C=O) groups excluding carboxylic acids is 1. The number of rotatable bonds is 1. The van der Waals surface area contributed by atoms with Gasteiger partial charge in [-0.15, -0.1) is 0 Å². The van der Waals surface area contributed by atoms with Crippen LogP contribution in [0.1, 0.15) is 11.9 Å². The Balaban J connectivity index is 1.45. The van der Waals surface area contributed by atoms with E-state index in [-0.39, 0.29) is 36.1 Å². The largest absolute Gasteiger partial charge is 0.348 e. The highest BCUT2D eigenvalue weighted by atomic mass is 16.7. The van der Waals surface area contributed by atoms with Crippen LogP contribution >= 0.6 is 0 Å². The van der Waals surface area contributed by atoms with Gasteiger partial charge in [-0.3, -0.25) is 4.79 Å². The maximum absolute atomic E-state index is 12.4. The molecule has 5 heteroatoms. The van der Waals surface area contributed by atoms with E-state index in [0.717, 1.165) is 11.1 Å². The Bertz CT molecular complexity index is 640. The lowest BCUT2D eigenvalue weighted by atomic mass is 9.82. The van der Waals surface area contributed by atoms with E-state index in [4.69, 9.17) is 18.9 Å². The van der Waals surface area contributed by atoms with Gasteiger partial charge in [0.15, 0.2) is 18.4 Å². The van der Waals surface area contributed by atoms with E-state index in [0.29, 0.717) is 13.2 Å². The summed E-state index contributed by atoms with van der Waals surface area (Å²) in [6.45, 7) is 0.899. The monoisotopic (exact) mass is 300 g/mol. The second-order valence-corrected chi connectivity index (χ2v) is 6.20. The maximum atomic E-state index is 12.4. The Morgan fingerprint density at radius 3 is 2.73 bits per heavy atom. The standard InChI is InChI=1S/C17H16O5/c18-11-6-10-7-19-17-13(10)14(11)15-12(21-17)8-20-16(22-15)9-4-2-1-3-5-9/h1-6,12-17H,7-8H2/t12-,13-,14+,15-,16?,17+/m1/s1. The first-order valence-electron chi connectivity index (χ1n) is 7.64. The molecule has 3 saturated heterocycles. The zero-order chi connectivity index (χ0) is 14.7. The van der Waals surface area contributed by atoms with Gasteiger partial charge in [0.2, 0.25) is 0 Å². The molecule has 114 valence electrons. The highest BCUT2D eigenvalue weighted by Gasteiger charge is 2.58. The topological polar surface area (TPSA) is 54.0 Å². The van der Waals surface area contributed by atoms with Crippen LogP contribution < -0.4 is 0 Å². The van der Waals surface area contributed by atoms with Gasteiger partial charge in [0, 0.05) is 11.5 Å². The molecule has 1 aromatic carbocycles. The summed E-state index contributed by atoms with van der Waals surface area (Å²) in [6, 6.07) is 9.79. The molecule has 3 heterocycles. The van der Waals surface area contributed by atoms with E-state index in [1.165, 1.54) is 0 Å². The second-order valence-electron chi connectivity index (χ2n) is 6.20. The Hall–Kier alpha value is -1.53. The fraction of sp³-hybridized carbons (Fsp3) is 0.471. The minimum Gasteiger partial charge on any atom is -0.348 e. The van der Waals surface area contributed by atoms with Gasteiger partial charge in [-0.25, -0.2) is 0 Å². The first-order valence-corrected chi connectivity index (χ1v) is 7.64. The average molecular weight is 300 g/mol. The summed E-state index contributed by atoms with van der Waals surface area (Å²) >= 11 is 0. The van der Waals surface area contributed by atoms with Gasteiger partial charge in [0.1, 0.15) is 12.2 Å². The lowest BCUT2D eigenvalue weighted by molar-refractivity contribution is -0.327. The lowest BCUT2D eigenvalue weighted by Crippen LogP contribution is -2.56. The van der Waals surface area contributed by atoms with Crippen molar-refractivity contribution in [3.8, 4) is 0 Å². The molecule has 6 atom stereocenters. The molecule has 4 aliphatic rings. The van der Waals surface area contributed by atoms with Crippen molar-refractivity contribution in [2.24, 2.45) is 11.8 Å². The fourth-order valence-corrected chi connectivity index (χ4v) is 3.97. The Labute approximate surface area is 127 Å². The number of carbonyl (C=O) groups is 1. The van der Waals surface area contributed by atoms with Gasteiger partial charge in [-0.05, 0) is 11.6 Å². The molecule has 0 bridgehead atoms. The average Bonchev–Trinajstić information content (AvgIpc) is 3.10. The second kappa shape index (κ2) is 4.73. The third kappa shape index (κ3) is 1.77. The van der Waals surface area contributed by atoms with Crippen molar-refractivity contribution in [3.05, 3.63) is 47.5 Å². The van der Waals surface area contributed by atoms with Crippen molar-refractivity contribution in [3.63, 3.8) is 0 Å². The molecular weight excluding hydrogens is 284 g/mol. The molecule has 0 N–H and O–H groups in total. The van der Waals surface area contributed by atoms with Crippen molar-refractivity contribution in [2.45, 2.75) is 24.8 Å². The summed E-state index contributed by atoms with van der Waals surface area (Å²) in [5.74, 6) is -0.0417. The van der Waals surface area contributed by atoms with Gasteiger partial charge in [-0.2, -0.15) is 0 Å². The molecule has 0 radical (unpaired) electrons. The number of hydrogen-bond donors (Lipinski definition) is 0. The van der Waals surface area contributed by atoms with Crippen LogP contribution in [0.5, 0.6) is 0 Å². The van der Waals surface area contributed by atoms with Crippen LogP contribution in [-0.2, 0) is 23.7 Å². The van der Waals surface area contributed by atoms with Crippen molar-refractivity contribution in [2.75, 3.05) is 13.2 Å². The van der Waals surface area contributed by atoms with Crippen LogP contribution in [-0.4, -0.2) is 37.5 Å². The normalized spacial score (nSPS) is 42.7. The summed E-state index contributed by atoms with van der Waals surface area (Å²) in [7, 11) is 0. The van der Waals surface area contributed by atoms with E-state index in [9.17, 15) is 4.79 Å². The van der Waals surface area contributed by atoms with E-state index < -0.39 is 6.29 Å². The van der Waals surface area contributed by atoms with Gasteiger partial charge in [0.25, 0.3) is 0 Å². The molecule has 22 heavy (non-hydrogen) atoms. The molecule has 0 saturated carbocycles. The Morgan fingerprint density at radius 1 is 1.00 bits per heavy atom. The fourth-order valence-electron chi connectivity index (χ4n) is 3.97. The number of hydrogen-bond acceptors (Lipinski definition) is 5. The highest BCUT2D eigenvalue weighted by molar-refractivity contribution is 5.96. The van der Waals surface area contributed by atoms with E-state index >= 15 is 0 Å². The summed E-state index contributed by atoms with van der Waals surface area (Å²) < 4.78 is 23.5. The van der Waals surface area contributed by atoms with Crippen LogP contribution in [0.4, 0.5) is 0 Å². The van der Waals surface area contributed by atoms with Gasteiger partial charge in [-0.1, -0.05) is 30.3 Å². The molecule has 1 aliphatic carbocycles. The van der Waals surface area contributed by atoms with Crippen LogP contribution in [0, 0.1) is 11.8 Å². The smallest absolute Gasteiger partial charge is 0.184 e. The van der Waals surface area contributed by atoms with Crippen molar-refractivity contribution in [1.82, 2.24) is 0 Å². The quantitative estimate of drug-likeness (QED) is 0.788. The first-order chi connectivity index (χ1) is 10.8. The van der Waals surface area contributed by atoms with Gasteiger partial charge >= 0.3 is 0 Å². The maximum Gasteiger partial charge on any atom is 0.184 e. The van der Waals surface area contributed by atoms with E-state index in [2.05, 4.69) is 0 Å². The molecule has 1 unspecified atom stereocenters. The minimum absolute atomic E-state index is 0.0169. The van der Waals surface area contributed by atoms with Crippen molar-refractivity contribution in [1.29, 1.82) is 0 Å². The Kier molecular flexibility index (Phi) is 2.79. The van der Waals surface area contributed by atoms with Crippen molar-refractivity contribution < 1.29 is 23.7 Å².